The molecule has 1 aromatic heterocycles. The van der Waals surface area contributed by atoms with Crippen LogP contribution in [0.4, 0.5) is 5.13 Å². The third kappa shape index (κ3) is 4.51. The van der Waals surface area contributed by atoms with Gasteiger partial charge in [0, 0.05) is 29.2 Å². The van der Waals surface area contributed by atoms with Crippen LogP contribution in [0.25, 0.3) is 10.2 Å². The molecule has 3 aromatic carbocycles. The van der Waals surface area contributed by atoms with Crippen LogP contribution in [-0.2, 0) is 4.79 Å². The quantitative estimate of drug-likeness (QED) is 0.305. The first-order valence-electron chi connectivity index (χ1n) is 10.8. The number of carbonyl (C=O) groups excluding carboxylic acids is 1. The Morgan fingerprint density at radius 3 is 2.26 bits per heavy atom. The van der Waals surface area contributed by atoms with Gasteiger partial charge in [0.2, 0.25) is 5.91 Å². The van der Waals surface area contributed by atoms with Crippen LogP contribution in [0.5, 0.6) is 11.5 Å². The number of rotatable bonds is 5. The lowest BCUT2D eigenvalue weighted by Crippen LogP contribution is -2.40. The molecule has 5 nitrogen and oxygen atoms in total. The van der Waals surface area contributed by atoms with Crippen LogP contribution in [0.2, 0.25) is 5.02 Å². The number of fused-ring (bicyclic) bond motifs is 3. The van der Waals surface area contributed by atoms with E-state index in [1.807, 2.05) is 86.6 Å². The Balaban J connectivity index is 0.00000274. The van der Waals surface area contributed by atoms with Gasteiger partial charge in [-0.25, -0.2) is 4.98 Å². The van der Waals surface area contributed by atoms with Crippen molar-refractivity contribution >= 4 is 56.6 Å². The second-order valence-corrected chi connectivity index (χ2v) is 9.92. The number of thiazole rings is 1. The fraction of sp³-hybridized carbons (Fsp3) is 0.231. The minimum absolute atomic E-state index is 0. The molecule has 0 saturated carbocycles. The van der Waals surface area contributed by atoms with Crippen LogP contribution in [-0.4, -0.2) is 43.0 Å². The first-order chi connectivity index (χ1) is 15.9. The van der Waals surface area contributed by atoms with Crippen molar-refractivity contribution in [3.63, 3.8) is 0 Å². The predicted molar refractivity (Wildman–Crippen MR) is 142 cm³/mol. The summed E-state index contributed by atoms with van der Waals surface area (Å²) in [6.45, 7) is 3.24. The first-order valence-corrected chi connectivity index (χ1v) is 12.0. The highest BCUT2D eigenvalue weighted by molar-refractivity contribution is 7.22. The molecule has 5 rings (SSSR count). The van der Waals surface area contributed by atoms with Gasteiger partial charge in [0.25, 0.3) is 0 Å². The number of benzene rings is 3. The number of likely N-dealkylation sites (N-methyl/N-ethyl adjacent to an activating group) is 1. The number of nitrogens with zero attached hydrogens (tertiary/aromatic N) is 3. The molecule has 0 bridgehead atoms. The molecule has 0 saturated heterocycles. The lowest BCUT2D eigenvalue weighted by molar-refractivity contribution is -0.119. The van der Waals surface area contributed by atoms with Crippen molar-refractivity contribution in [3.05, 3.63) is 82.4 Å². The van der Waals surface area contributed by atoms with Gasteiger partial charge in [-0.15, -0.1) is 12.4 Å². The molecule has 0 unspecified atom stereocenters. The Bertz CT molecular complexity index is 1310. The van der Waals surface area contributed by atoms with E-state index in [9.17, 15) is 4.79 Å². The number of aryl methyl sites for hydroxylation is 1. The van der Waals surface area contributed by atoms with Crippen molar-refractivity contribution in [1.29, 1.82) is 0 Å². The molecule has 176 valence electrons. The molecule has 2 heterocycles. The van der Waals surface area contributed by atoms with Crippen molar-refractivity contribution in [2.75, 3.05) is 32.1 Å². The molecule has 0 aliphatic carbocycles. The van der Waals surface area contributed by atoms with E-state index in [1.165, 1.54) is 11.3 Å². The van der Waals surface area contributed by atoms with Crippen LogP contribution >= 0.6 is 35.3 Å². The van der Waals surface area contributed by atoms with Crippen molar-refractivity contribution in [2.45, 2.75) is 12.8 Å². The SMILES string of the molecule is Cc1cc(Cl)cc2sc(N(CCN(C)C)C(=O)C3c4ccccc4Oc4ccccc43)nc12.Cl. The first kappa shape index (κ1) is 24.5. The van der Waals surface area contributed by atoms with E-state index in [2.05, 4.69) is 4.90 Å². The zero-order valence-electron chi connectivity index (χ0n) is 19.1. The van der Waals surface area contributed by atoms with Crippen LogP contribution in [0.15, 0.2) is 60.7 Å². The molecule has 34 heavy (non-hydrogen) atoms. The molecule has 0 fully saturated rings. The number of amides is 1. The summed E-state index contributed by atoms with van der Waals surface area (Å²) in [6, 6.07) is 19.4. The number of hydrogen-bond acceptors (Lipinski definition) is 5. The molecule has 0 N–H and O–H groups in total. The van der Waals surface area contributed by atoms with E-state index in [0.717, 1.165) is 26.9 Å². The van der Waals surface area contributed by atoms with Crippen molar-refractivity contribution < 1.29 is 9.53 Å². The van der Waals surface area contributed by atoms with Crippen LogP contribution in [0.3, 0.4) is 0 Å². The third-order valence-corrected chi connectivity index (χ3v) is 7.08. The minimum atomic E-state index is -0.468. The van der Waals surface area contributed by atoms with Gasteiger partial charge in [0.15, 0.2) is 5.13 Å². The summed E-state index contributed by atoms with van der Waals surface area (Å²) in [6.07, 6.45) is 0. The maximum absolute atomic E-state index is 14.3. The maximum atomic E-state index is 14.3. The third-order valence-electron chi connectivity index (χ3n) is 5.83. The minimum Gasteiger partial charge on any atom is -0.457 e. The summed E-state index contributed by atoms with van der Waals surface area (Å²) in [5, 5.41) is 1.36. The summed E-state index contributed by atoms with van der Waals surface area (Å²) < 4.78 is 7.09. The molecule has 1 amide bonds. The zero-order valence-corrected chi connectivity index (χ0v) is 21.5. The Morgan fingerprint density at radius 2 is 1.65 bits per heavy atom. The molecule has 0 spiro atoms. The predicted octanol–water partition coefficient (Wildman–Crippen LogP) is 6.51. The normalized spacial score (nSPS) is 12.6. The van der Waals surface area contributed by atoms with E-state index < -0.39 is 5.92 Å². The highest BCUT2D eigenvalue weighted by Crippen LogP contribution is 2.45. The number of halogens is 2. The Kier molecular flexibility index (Phi) is 7.14. The molecule has 4 aromatic rings. The second-order valence-electron chi connectivity index (χ2n) is 8.47. The summed E-state index contributed by atoms with van der Waals surface area (Å²) in [5.41, 5.74) is 3.63. The van der Waals surface area contributed by atoms with E-state index >= 15 is 0 Å². The average molecular weight is 514 g/mol. The number of para-hydroxylation sites is 2. The van der Waals surface area contributed by atoms with Gasteiger partial charge in [-0.1, -0.05) is 59.3 Å². The summed E-state index contributed by atoms with van der Waals surface area (Å²) >= 11 is 7.79. The lowest BCUT2D eigenvalue weighted by atomic mass is 9.87. The molecule has 0 atom stereocenters. The molecule has 0 radical (unpaired) electrons. The van der Waals surface area contributed by atoms with E-state index in [0.29, 0.717) is 34.7 Å². The van der Waals surface area contributed by atoms with Gasteiger partial charge < -0.3 is 9.64 Å². The van der Waals surface area contributed by atoms with Gasteiger partial charge in [-0.3, -0.25) is 9.69 Å². The average Bonchev–Trinajstić information content (AvgIpc) is 3.21. The topological polar surface area (TPSA) is 45.7 Å². The van der Waals surface area contributed by atoms with Gasteiger partial charge >= 0.3 is 0 Å². The zero-order chi connectivity index (χ0) is 23.1. The lowest BCUT2D eigenvalue weighted by Gasteiger charge is -2.31. The molecular weight excluding hydrogens is 489 g/mol. The molecule has 1 aliphatic rings. The Hall–Kier alpha value is -2.64. The fourth-order valence-electron chi connectivity index (χ4n) is 4.19. The highest BCUT2D eigenvalue weighted by atomic mass is 35.5. The van der Waals surface area contributed by atoms with Gasteiger partial charge in [0.05, 0.1) is 16.1 Å². The summed E-state index contributed by atoms with van der Waals surface area (Å²) in [5.74, 6) is 0.955. The maximum Gasteiger partial charge on any atom is 0.241 e. The fourth-order valence-corrected chi connectivity index (χ4v) is 5.64. The number of carbonyl (C=O) groups is 1. The molecule has 8 heteroatoms. The highest BCUT2D eigenvalue weighted by Gasteiger charge is 2.36. The van der Waals surface area contributed by atoms with Gasteiger partial charge in [-0.05, 0) is 50.8 Å². The number of aromatic nitrogens is 1. The number of ether oxygens (including phenoxy) is 1. The van der Waals surface area contributed by atoms with Crippen LogP contribution < -0.4 is 9.64 Å². The van der Waals surface area contributed by atoms with E-state index in [-0.39, 0.29) is 18.3 Å². The molecular formula is C26H25Cl2N3O2S. The van der Waals surface area contributed by atoms with Crippen molar-refractivity contribution in [1.82, 2.24) is 9.88 Å². The van der Waals surface area contributed by atoms with Crippen LogP contribution in [0.1, 0.15) is 22.6 Å². The Morgan fingerprint density at radius 1 is 1.03 bits per heavy atom. The smallest absolute Gasteiger partial charge is 0.241 e. The van der Waals surface area contributed by atoms with E-state index in [1.54, 1.807) is 0 Å². The number of hydrogen-bond donors (Lipinski definition) is 0. The second kappa shape index (κ2) is 9.92. The van der Waals surface area contributed by atoms with Gasteiger partial charge in [0.1, 0.15) is 11.5 Å². The summed E-state index contributed by atoms with van der Waals surface area (Å²) in [7, 11) is 4.01. The van der Waals surface area contributed by atoms with Crippen molar-refractivity contribution in [3.8, 4) is 11.5 Å². The van der Waals surface area contributed by atoms with E-state index in [4.69, 9.17) is 21.3 Å². The largest absolute Gasteiger partial charge is 0.457 e. The number of anilines is 1. The Labute approximate surface area is 214 Å². The molecule has 1 aliphatic heterocycles. The van der Waals surface area contributed by atoms with Gasteiger partial charge in [-0.2, -0.15) is 0 Å². The monoisotopic (exact) mass is 513 g/mol. The van der Waals surface area contributed by atoms with Crippen molar-refractivity contribution in [2.24, 2.45) is 0 Å². The van der Waals surface area contributed by atoms with Crippen LogP contribution in [0, 0.1) is 6.92 Å². The summed E-state index contributed by atoms with van der Waals surface area (Å²) in [4.78, 5) is 23.0. The standard InChI is InChI=1S/C26H24ClN3O2S.ClH/c1-16-14-17(27)15-22-24(16)28-26(33-22)30(13-12-29(2)3)25(31)23-18-8-4-6-10-20(18)32-21-11-7-5-9-19(21)23;/h4-11,14-15,23H,12-13H2,1-3H3;1H.